The van der Waals surface area contributed by atoms with Gasteiger partial charge in [0.05, 0.1) is 13.7 Å². The summed E-state index contributed by atoms with van der Waals surface area (Å²) in [6.07, 6.45) is 2.85. The van der Waals surface area contributed by atoms with Crippen molar-refractivity contribution in [2.45, 2.75) is 19.3 Å². The van der Waals surface area contributed by atoms with Crippen LogP contribution in [0.5, 0.6) is 5.75 Å². The van der Waals surface area contributed by atoms with Crippen molar-refractivity contribution < 1.29 is 9.47 Å². The molecule has 154 valence electrons. The van der Waals surface area contributed by atoms with Crippen LogP contribution in [0.3, 0.4) is 0 Å². The van der Waals surface area contributed by atoms with Gasteiger partial charge in [-0.05, 0) is 42.5 Å². The van der Waals surface area contributed by atoms with Crippen molar-refractivity contribution in [1.82, 2.24) is 10.6 Å². The smallest absolute Gasteiger partial charge is 0.190 e. The molecule has 0 aromatic heterocycles. The standard InChI is InChI=1S/C22H31N3O2.HI/c1-23-22(25-16-13-20-9-11-21(26-2)12-10-20)24-15-6-17-27-18-14-19-7-4-3-5-8-19;/h3-5,7-12H,6,13-18H2,1-2H3,(H2,23,24,25);1H. The topological polar surface area (TPSA) is 54.9 Å². The van der Waals surface area contributed by atoms with Crippen LogP contribution in [0.15, 0.2) is 59.6 Å². The van der Waals surface area contributed by atoms with E-state index < -0.39 is 0 Å². The Kier molecular flexibility index (Phi) is 13.1. The van der Waals surface area contributed by atoms with Crippen LogP contribution in [0.4, 0.5) is 0 Å². The van der Waals surface area contributed by atoms with E-state index in [0.29, 0.717) is 0 Å². The van der Waals surface area contributed by atoms with E-state index in [1.165, 1.54) is 11.1 Å². The molecule has 2 N–H and O–H groups in total. The van der Waals surface area contributed by atoms with Gasteiger partial charge in [0.1, 0.15) is 5.75 Å². The van der Waals surface area contributed by atoms with E-state index in [9.17, 15) is 0 Å². The van der Waals surface area contributed by atoms with E-state index in [-0.39, 0.29) is 24.0 Å². The number of nitrogens with zero attached hydrogens (tertiary/aromatic N) is 1. The number of halogens is 1. The first kappa shape index (κ1) is 24.2. The third-order valence-corrected chi connectivity index (χ3v) is 4.22. The molecule has 0 saturated heterocycles. The van der Waals surface area contributed by atoms with Gasteiger partial charge < -0.3 is 20.1 Å². The first-order chi connectivity index (χ1) is 13.3. The molecule has 5 nitrogen and oxygen atoms in total. The van der Waals surface area contributed by atoms with Crippen LogP contribution >= 0.6 is 24.0 Å². The van der Waals surface area contributed by atoms with Crippen LogP contribution in [-0.4, -0.2) is 46.4 Å². The van der Waals surface area contributed by atoms with Crippen LogP contribution in [0.25, 0.3) is 0 Å². The van der Waals surface area contributed by atoms with E-state index in [0.717, 1.165) is 57.3 Å². The van der Waals surface area contributed by atoms with E-state index >= 15 is 0 Å². The number of rotatable bonds is 11. The average Bonchev–Trinajstić information content (AvgIpc) is 2.73. The molecule has 0 aliphatic rings. The highest BCUT2D eigenvalue weighted by atomic mass is 127. The monoisotopic (exact) mass is 497 g/mol. The fourth-order valence-corrected chi connectivity index (χ4v) is 2.66. The predicted molar refractivity (Wildman–Crippen MR) is 127 cm³/mol. The molecule has 2 aromatic rings. The Balaban J connectivity index is 0.00000392. The summed E-state index contributed by atoms with van der Waals surface area (Å²) in [7, 11) is 3.47. The largest absolute Gasteiger partial charge is 0.497 e. The van der Waals surface area contributed by atoms with Crippen LogP contribution < -0.4 is 15.4 Å². The molecule has 0 bridgehead atoms. The minimum Gasteiger partial charge on any atom is -0.497 e. The van der Waals surface area contributed by atoms with Gasteiger partial charge in [-0.1, -0.05) is 42.5 Å². The number of hydrogen-bond acceptors (Lipinski definition) is 3. The second-order valence-electron chi connectivity index (χ2n) is 6.23. The zero-order valence-electron chi connectivity index (χ0n) is 16.8. The van der Waals surface area contributed by atoms with Crippen molar-refractivity contribution in [1.29, 1.82) is 0 Å². The molecular weight excluding hydrogens is 465 g/mol. The SMILES string of the molecule is CN=C(NCCCOCCc1ccccc1)NCCc1ccc(OC)cc1.I. The zero-order valence-corrected chi connectivity index (χ0v) is 19.1. The molecule has 0 spiro atoms. The van der Waals surface area contributed by atoms with Crippen molar-refractivity contribution in [3.8, 4) is 5.75 Å². The van der Waals surface area contributed by atoms with Gasteiger partial charge in [0.2, 0.25) is 0 Å². The van der Waals surface area contributed by atoms with E-state index in [2.05, 4.69) is 52.0 Å². The Hall–Kier alpha value is -1.80. The maximum absolute atomic E-state index is 5.70. The molecule has 0 aliphatic heterocycles. The van der Waals surface area contributed by atoms with Gasteiger partial charge in [-0.3, -0.25) is 4.99 Å². The number of ether oxygens (including phenoxy) is 2. The molecule has 0 heterocycles. The lowest BCUT2D eigenvalue weighted by molar-refractivity contribution is 0.135. The molecule has 0 saturated carbocycles. The van der Waals surface area contributed by atoms with Gasteiger partial charge in [0, 0.05) is 26.7 Å². The van der Waals surface area contributed by atoms with Crippen LogP contribution in [0.1, 0.15) is 17.5 Å². The summed E-state index contributed by atoms with van der Waals surface area (Å²) in [6, 6.07) is 18.6. The van der Waals surface area contributed by atoms with Crippen LogP contribution in [0.2, 0.25) is 0 Å². The van der Waals surface area contributed by atoms with Crippen molar-refractivity contribution in [2.75, 3.05) is 40.5 Å². The number of benzene rings is 2. The fraction of sp³-hybridized carbons (Fsp3) is 0.409. The quantitative estimate of drug-likeness (QED) is 0.215. The summed E-state index contributed by atoms with van der Waals surface area (Å²) in [5.41, 5.74) is 2.59. The number of hydrogen-bond donors (Lipinski definition) is 2. The van der Waals surface area contributed by atoms with Gasteiger partial charge in [-0.25, -0.2) is 0 Å². The number of aliphatic imine (C=N–C) groups is 1. The third-order valence-electron chi connectivity index (χ3n) is 4.22. The predicted octanol–water partition coefficient (Wildman–Crippen LogP) is 3.67. The van der Waals surface area contributed by atoms with Crippen molar-refractivity contribution in [3.05, 3.63) is 65.7 Å². The van der Waals surface area contributed by atoms with Gasteiger partial charge in [0.15, 0.2) is 5.96 Å². The number of methoxy groups -OCH3 is 1. The summed E-state index contributed by atoms with van der Waals surface area (Å²) in [5.74, 6) is 1.71. The summed E-state index contributed by atoms with van der Waals surface area (Å²) < 4.78 is 10.9. The Morgan fingerprint density at radius 1 is 0.857 bits per heavy atom. The van der Waals surface area contributed by atoms with E-state index in [1.807, 2.05) is 18.2 Å². The lowest BCUT2D eigenvalue weighted by Crippen LogP contribution is -2.39. The second kappa shape index (κ2) is 15.2. The molecule has 6 heteroatoms. The third kappa shape index (κ3) is 9.94. The van der Waals surface area contributed by atoms with Gasteiger partial charge >= 0.3 is 0 Å². The van der Waals surface area contributed by atoms with Gasteiger partial charge in [0.25, 0.3) is 0 Å². The Bertz CT molecular complexity index is 663. The van der Waals surface area contributed by atoms with E-state index in [4.69, 9.17) is 9.47 Å². The van der Waals surface area contributed by atoms with Crippen LogP contribution in [0, 0.1) is 0 Å². The van der Waals surface area contributed by atoms with Crippen molar-refractivity contribution in [2.24, 2.45) is 4.99 Å². The summed E-state index contributed by atoms with van der Waals surface area (Å²) >= 11 is 0. The normalized spacial score (nSPS) is 10.9. The first-order valence-corrected chi connectivity index (χ1v) is 9.51. The van der Waals surface area contributed by atoms with Crippen molar-refractivity contribution in [3.63, 3.8) is 0 Å². The van der Waals surface area contributed by atoms with E-state index in [1.54, 1.807) is 14.2 Å². The molecule has 2 rings (SSSR count). The van der Waals surface area contributed by atoms with Crippen molar-refractivity contribution >= 4 is 29.9 Å². The number of nitrogens with one attached hydrogen (secondary N) is 2. The molecule has 2 aromatic carbocycles. The lowest BCUT2D eigenvalue weighted by atomic mass is 10.1. The van der Waals surface area contributed by atoms with Gasteiger partial charge in [-0.2, -0.15) is 0 Å². The van der Waals surface area contributed by atoms with Crippen LogP contribution in [-0.2, 0) is 17.6 Å². The molecular formula is C22H32IN3O2. The molecule has 28 heavy (non-hydrogen) atoms. The second-order valence-corrected chi connectivity index (χ2v) is 6.23. The highest BCUT2D eigenvalue weighted by Gasteiger charge is 1.99. The maximum atomic E-state index is 5.70. The first-order valence-electron chi connectivity index (χ1n) is 9.51. The lowest BCUT2D eigenvalue weighted by Gasteiger charge is -2.12. The highest BCUT2D eigenvalue weighted by molar-refractivity contribution is 14.0. The molecule has 0 fully saturated rings. The fourth-order valence-electron chi connectivity index (χ4n) is 2.66. The van der Waals surface area contributed by atoms with Gasteiger partial charge in [-0.15, -0.1) is 24.0 Å². The highest BCUT2D eigenvalue weighted by Crippen LogP contribution is 2.11. The molecule has 0 aliphatic carbocycles. The summed E-state index contributed by atoms with van der Waals surface area (Å²) in [5, 5.41) is 6.66. The molecule has 0 amide bonds. The summed E-state index contributed by atoms with van der Waals surface area (Å²) in [6.45, 7) is 3.19. The Labute approximate surface area is 186 Å². The molecule has 0 radical (unpaired) electrons. The Morgan fingerprint density at radius 3 is 2.21 bits per heavy atom. The number of guanidine groups is 1. The molecule has 0 atom stereocenters. The minimum absolute atomic E-state index is 0. The summed E-state index contributed by atoms with van der Waals surface area (Å²) in [4.78, 5) is 4.25. The zero-order chi connectivity index (χ0) is 19.2. The molecule has 0 unspecified atom stereocenters. The maximum Gasteiger partial charge on any atom is 0.190 e. The average molecular weight is 497 g/mol. The Morgan fingerprint density at radius 2 is 1.54 bits per heavy atom. The minimum atomic E-state index is 0.